The fraction of sp³-hybridized carbons (Fsp3) is 0.438. The van der Waals surface area contributed by atoms with Crippen molar-refractivity contribution in [3.05, 3.63) is 29.2 Å². The zero-order chi connectivity index (χ0) is 14.9. The quantitative estimate of drug-likeness (QED) is 0.934. The molecule has 0 aromatic carbocycles. The van der Waals surface area contributed by atoms with Gasteiger partial charge < -0.3 is 9.73 Å². The number of nitrogens with one attached hydrogen (secondary N) is 1. The highest BCUT2D eigenvalue weighted by Gasteiger charge is 2.54. The van der Waals surface area contributed by atoms with E-state index in [1.54, 1.807) is 6.26 Å². The van der Waals surface area contributed by atoms with Crippen molar-refractivity contribution in [1.29, 1.82) is 0 Å². The molecule has 2 fully saturated rings. The molecule has 114 valence electrons. The van der Waals surface area contributed by atoms with E-state index in [4.69, 9.17) is 4.42 Å². The first kappa shape index (κ1) is 13.7. The van der Waals surface area contributed by atoms with E-state index in [2.05, 4.69) is 15.5 Å². The van der Waals surface area contributed by atoms with E-state index in [1.165, 1.54) is 37.0 Å². The molecule has 4 rings (SSSR count). The van der Waals surface area contributed by atoms with E-state index in [9.17, 15) is 4.79 Å². The van der Waals surface area contributed by atoms with Crippen LogP contribution in [0.5, 0.6) is 0 Å². The molecule has 0 aliphatic heterocycles. The molecule has 2 aliphatic carbocycles. The minimum atomic E-state index is 0.120. The standard InChI is InChI=1S/C16H17N3O2S/c20-15(14-11-5-1-2-6-12(11)14)17-16-19-18-13(22-16)8-7-10-4-3-9-21-10/h3-4,7-9,11-12,14H,1-2,5-6H2,(H,17,19,20)/b8-7+. The van der Waals surface area contributed by atoms with Crippen molar-refractivity contribution in [3.8, 4) is 0 Å². The van der Waals surface area contributed by atoms with E-state index in [1.807, 2.05) is 24.3 Å². The molecule has 5 nitrogen and oxygen atoms in total. The maximum Gasteiger partial charge on any atom is 0.229 e. The maximum absolute atomic E-state index is 12.3. The number of carbonyl (C=O) groups excluding carboxylic acids is 1. The van der Waals surface area contributed by atoms with Crippen LogP contribution >= 0.6 is 11.3 Å². The van der Waals surface area contributed by atoms with Gasteiger partial charge in [0, 0.05) is 5.92 Å². The number of amides is 1. The summed E-state index contributed by atoms with van der Waals surface area (Å²) in [4.78, 5) is 12.3. The number of aromatic nitrogens is 2. The summed E-state index contributed by atoms with van der Waals surface area (Å²) >= 11 is 1.38. The van der Waals surface area contributed by atoms with Crippen LogP contribution in [0.1, 0.15) is 36.5 Å². The molecule has 0 bridgehead atoms. The third-order valence-electron chi connectivity index (χ3n) is 4.56. The maximum atomic E-state index is 12.3. The van der Waals surface area contributed by atoms with Gasteiger partial charge in [0.25, 0.3) is 0 Å². The van der Waals surface area contributed by atoms with Crippen LogP contribution < -0.4 is 5.32 Å². The number of nitrogens with zero attached hydrogens (tertiary/aromatic N) is 2. The Balaban J connectivity index is 1.37. The monoisotopic (exact) mass is 315 g/mol. The van der Waals surface area contributed by atoms with Gasteiger partial charge in [0.1, 0.15) is 10.8 Å². The molecular weight excluding hydrogens is 298 g/mol. The molecule has 2 saturated carbocycles. The predicted molar refractivity (Wildman–Crippen MR) is 85.1 cm³/mol. The van der Waals surface area contributed by atoms with Crippen molar-refractivity contribution in [2.75, 3.05) is 5.32 Å². The molecule has 2 atom stereocenters. The Kier molecular flexibility index (Phi) is 3.54. The third-order valence-corrected chi connectivity index (χ3v) is 5.37. The third kappa shape index (κ3) is 2.70. The van der Waals surface area contributed by atoms with Crippen molar-refractivity contribution < 1.29 is 9.21 Å². The van der Waals surface area contributed by atoms with Gasteiger partial charge in [-0.3, -0.25) is 4.79 Å². The van der Waals surface area contributed by atoms with Crippen LogP contribution in [0.3, 0.4) is 0 Å². The predicted octanol–water partition coefficient (Wildman–Crippen LogP) is 3.68. The summed E-state index contributed by atoms with van der Waals surface area (Å²) in [5, 5.41) is 12.4. The molecule has 6 heteroatoms. The van der Waals surface area contributed by atoms with Crippen LogP contribution in [0.2, 0.25) is 0 Å². The summed E-state index contributed by atoms with van der Waals surface area (Å²) in [7, 11) is 0. The molecule has 2 aromatic heterocycles. The van der Waals surface area contributed by atoms with Gasteiger partial charge in [-0.2, -0.15) is 0 Å². The van der Waals surface area contributed by atoms with Gasteiger partial charge in [-0.1, -0.05) is 24.2 Å². The molecule has 2 aliphatic rings. The summed E-state index contributed by atoms with van der Waals surface area (Å²) in [6.07, 6.45) is 10.2. The molecular formula is C16H17N3O2S. The topological polar surface area (TPSA) is 68.0 Å². The van der Waals surface area contributed by atoms with Crippen LogP contribution in [0.15, 0.2) is 22.8 Å². The summed E-state index contributed by atoms with van der Waals surface area (Å²) < 4.78 is 5.22. The lowest BCUT2D eigenvalue weighted by molar-refractivity contribution is -0.117. The second kappa shape index (κ2) is 5.68. The van der Waals surface area contributed by atoms with Gasteiger partial charge in [0.2, 0.25) is 11.0 Å². The van der Waals surface area contributed by atoms with E-state index >= 15 is 0 Å². The minimum Gasteiger partial charge on any atom is -0.465 e. The number of hydrogen-bond donors (Lipinski definition) is 1. The Bertz CT molecular complexity index is 680. The second-order valence-corrected chi connectivity index (χ2v) is 6.93. The summed E-state index contributed by atoms with van der Waals surface area (Å²) in [5.41, 5.74) is 0. The summed E-state index contributed by atoms with van der Waals surface area (Å²) in [6.45, 7) is 0. The normalized spacial score (nSPS) is 26.8. The molecule has 0 radical (unpaired) electrons. The zero-order valence-electron chi connectivity index (χ0n) is 12.1. The highest BCUT2D eigenvalue weighted by Crippen LogP contribution is 2.55. The van der Waals surface area contributed by atoms with Crippen LogP contribution in [-0.4, -0.2) is 16.1 Å². The molecule has 0 saturated heterocycles. The van der Waals surface area contributed by atoms with Crippen LogP contribution in [0, 0.1) is 17.8 Å². The molecule has 2 heterocycles. The Morgan fingerprint density at radius 3 is 2.82 bits per heavy atom. The van der Waals surface area contributed by atoms with Gasteiger partial charge in [0.05, 0.1) is 6.26 Å². The van der Waals surface area contributed by atoms with Crippen LogP contribution in [0.4, 0.5) is 5.13 Å². The van der Waals surface area contributed by atoms with Crippen molar-refractivity contribution >= 4 is 34.5 Å². The van der Waals surface area contributed by atoms with Gasteiger partial charge in [0.15, 0.2) is 0 Å². The van der Waals surface area contributed by atoms with E-state index in [-0.39, 0.29) is 11.8 Å². The number of furan rings is 1. The average molecular weight is 315 g/mol. The van der Waals surface area contributed by atoms with Crippen molar-refractivity contribution in [2.45, 2.75) is 25.7 Å². The first-order chi connectivity index (χ1) is 10.8. The smallest absolute Gasteiger partial charge is 0.229 e. The highest BCUT2D eigenvalue weighted by atomic mass is 32.1. The molecule has 1 amide bonds. The Morgan fingerprint density at radius 1 is 1.27 bits per heavy atom. The molecule has 1 N–H and O–H groups in total. The SMILES string of the molecule is O=C(Nc1nnc(/C=C/c2ccco2)s1)C1C2CCCCC21. The molecule has 2 unspecified atom stereocenters. The van der Waals surface area contributed by atoms with Crippen molar-refractivity contribution in [2.24, 2.45) is 17.8 Å². The van der Waals surface area contributed by atoms with Crippen LogP contribution in [0.25, 0.3) is 12.2 Å². The fourth-order valence-corrected chi connectivity index (χ4v) is 4.11. The van der Waals surface area contributed by atoms with Crippen molar-refractivity contribution in [3.63, 3.8) is 0 Å². The number of rotatable bonds is 4. The van der Waals surface area contributed by atoms with E-state index < -0.39 is 0 Å². The minimum absolute atomic E-state index is 0.120. The molecule has 22 heavy (non-hydrogen) atoms. The first-order valence-corrected chi connectivity index (χ1v) is 8.49. The fourth-order valence-electron chi connectivity index (χ4n) is 3.46. The number of hydrogen-bond acceptors (Lipinski definition) is 5. The van der Waals surface area contributed by atoms with E-state index in [0.29, 0.717) is 17.0 Å². The lowest BCUT2D eigenvalue weighted by atomic mass is 10.0. The lowest BCUT2D eigenvalue weighted by Gasteiger charge is -2.04. The first-order valence-electron chi connectivity index (χ1n) is 7.67. The van der Waals surface area contributed by atoms with Gasteiger partial charge in [-0.15, -0.1) is 10.2 Å². The highest BCUT2D eigenvalue weighted by molar-refractivity contribution is 7.16. The van der Waals surface area contributed by atoms with Gasteiger partial charge >= 0.3 is 0 Å². The van der Waals surface area contributed by atoms with Crippen molar-refractivity contribution in [1.82, 2.24) is 10.2 Å². The molecule has 0 spiro atoms. The summed E-state index contributed by atoms with van der Waals surface area (Å²) in [6, 6.07) is 3.70. The Morgan fingerprint density at radius 2 is 2.09 bits per heavy atom. The Labute approximate surface area is 132 Å². The largest absolute Gasteiger partial charge is 0.465 e. The Hall–Kier alpha value is -1.95. The van der Waals surface area contributed by atoms with E-state index in [0.717, 1.165) is 10.8 Å². The molecule has 2 aromatic rings. The zero-order valence-corrected chi connectivity index (χ0v) is 12.9. The number of anilines is 1. The number of carbonyl (C=O) groups is 1. The second-order valence-electron chi connectivity index (χ2n) is 5.92. The van der Waals surface area contributed by atoms with Crippen LogP contribution in [-0.2, 0) is 4.79 Å². The van der Waals surface area contributed by atoms with Gasteiger partial charge in [-0.25, -0.2) is 0 Å². The van der Waals surface area contributed by atoms with Gasteiger partial charge in [-0.05, 0) is 49.0 Å². The number of fused-ring (bicyclic) bond motifs is 1. The lowest BCUT2D eigenvalue weighted by Crippen LogP contribution is -2.15. The summed E-state index contributed by atoms with van der Waals surface area (Å²) in [5.74, 6) is 2.31. The average Bonchev–Trinajstić information content (AvgIpc) is 2.88.